The largest absolute Gasteiger partial charge is 0.431 e. The molecule has 25 heavy (non-hydrogen) atoms. The molecular weight excluding hydrogens is 338 g/mol. The molecule has 0 saturated heterocycles. The highest BCUT2D eigenvalue weighted by Gasteiger charge is 2.29. The van der Waals surface area contributed by atoms with E-state index in [0.29, 0.717) is 5.69 Å². The van der Waals surface area contributed by atoms with E-state index in [1.807, 2.05) is 33.8 Å². The molecule has 0 saturated carbocycles. The summed E-state index contributed by atoms with van der Waals surface area (Å²) < 4.78 is 32.8. The van der Waals surface area contributed by atoms with Crippen molar-refractivity contribution >= 4 is 9.84 Å². The number of benzene rings is 1. The average molecular weight is 359 g/mol. The van der Waals surface area contributed by atoms with Crippen LogP contribution in [0.5, 0.6) is 0 Å². The molecule has 3 aromatic rings. The van der Waals surface area contributed by atoms with E-state index in [-0.39, 0.29) is 21.1 Å². The van der Waals surface area contributed by atoms with Gasteiger partial charge in [0, 0.05) is 12.5 Å². The van der Waals surface area contributed by atoms with E-state index in [1.165, 1.54) is 0 Å². The second-order valence-electron chi connectivity index (χ2n) is 7.09. The van der Waals surface area contributed by atoms with Crippen LogP contribution in [0.15, 0.2) is 51.1 Å². The molecule has 0 aliphatic heterocycles. The van der Waals surface area contributed by atoms with Gasteiger partial charge in [0.2, 0.25) is 9.84 Å². The summed E-state index contributed by atoms with van der Waals surface area (Å²) in [5, 5.41) is 4.32. The highest BCUT2D eigenvalue weighted by Crippen LogP contribution is 2.32. The van der Waals surface area contributed by atoms with Gasteiger partial charge >= 0.3 is 0 Å². The lowest BCUT2D eigenvalue weighted by molar-refractivity contribution is 0.447. The number of hydrogen-bond donors (Lipinski definition) is 0. The Morgan fingerprint density at radius 2 is 1.76 bits per heavy atom. The Balaban J connectivity index is 2.13. The molecule has 1 aromatic carbocycles. The number of sulfone groups is 1. The maximum absolute atomic E-state index is 13.0. The fourth-order valence-electron chi connectivity index (χ4n) is 2.48. The first kappa shape index (κ1) is 17.4. The smallest absolute Gasteiger partial charge is 0.252 e. The lowest BCUT2D eigenvalue weighted by Crippen LogP contribution is -2.12. The Labute approximate surface area is 147 Å². The first-order valence-electron chi connectivity index (χ1n) is 7.91. The van der Waals surface area contributed by atoms with Crippen LogP contribution in [0, 0.1) is 6.92 Å². The van der Waals surface area contributed by atoms with Crippen LogP contribution in [0.3, 0.4) is 0 Å². The Kier molecular flexibility index (Phi) is 4.07. The number of aromatic nitrogens is 3. The number of aryl methyl sites for hydroxylation is 2. The Bertz CT molecular complexity index is 1010. The van der Waals surface area contributed by atoms with Crippen LogP contribution in [0.25, 0.3) is 11.4 Å². The van der Waals surface area contributed by atoms with Gasteiger partial charge in [0.25, 0.3) is 5.09 Å². The molecule has 0 spiro atoms. The zero-order chi connectivity index (χ0) is 18.4. The number of rotatable bonds is 3. The molecule has 6 nitrogen and oxygen atoms in total. The molecule has 0 unspecified atom stereocenters. The van der Waals surface area contributed by atoms with E-state index < -0.39 is 9.84 Å². The minimum atomic E-state index is -3.80. The molecular formula is C18H21N3O3S. The molecule has 0 aliphatic rings. The topological polar surface area (TPSA) is 78.0 Å². The average Bonchev–Trinajstić information content (AvgIpc) is 3.13. The van der Waals surface area contributed by atoms with E-state index in [2.05, 4.69) is 10.1 Å². The summed E-state index contributed by atoms with van der Waals surface area (Å²) in [6, 6.07) is 8.50. The quantitative estimate of drug-likeness (QED) is 0.715. The lowest BCUT2D eigenvalue weighted by atomic mass is 9.92. The maximum Gasteiger partial charge on any atom is 0.252 e. The van der Waals surface area contributed by atoms with E-state index in [1.54, 1.807) is 36.0 Å². The van der Waals surface area contributed by atoms with Crippen molar-refractivity contribution in [2.75, 3.05) is 0 Å². The summed E-state index contributed by atoms with van der Waals surface area (Å²) in [6.07, 6.45) is 1.15. The van der Waals surface area contributed by atoms with Crippen molar-refractivity contribution < 1.29 is 12.8 Å². The highest BCUT2D eigenvalue weighted by molar-refractivity contribution is 7.91. The second-order valence-corrected chi connectivity index (χ2v) is 8.94. The van der Waals surface area contributed by atoms with Crippen molar-refractivity contribution in [3.8, 4) is 11.4 Å². The first-order valence-corrected chi connectivity index (χ1v) is 9.39. The van der Waals surface area contributed by atoms with Crippen LogP contribution < -0.4 is 0 Å². The van der Waals surface area contributed by atoms with E-state index >= 15 is 0 Å². The molecule has 0 N–H and O–H groups in total. The summed E-state index contributed by atoms with van der Waals surface area (Å²) >= 11 is 0. The molecule has 2 aromatic heterocycles. The molecule has 0 aliphatic carbocycles. The van der Waals surface area contributed by atoms with E-state index in [0.717, 1.165) is 17.7 Å². The van der Waals surface area contributed by atoms with Crippen molar-refractivity contribution in [3.05, 3.63) is 48.0 Å². The first-order chi connectivity index (χ1) is 11.6. The van der Waals surface area contributed by atoms with Crippen LogP contribution in [0.1, 0.15) is 32.0 Å². The minimum Gasteiger partial charge on any atom is -0.431 e. The Morgan fingerprint density at radius 1 is 1.12 bits per heavy atom. The monoisotopic (exact) mass is 359 g/mol. The third-order valence-electron chi connectivity index (χ3n) is 4.00. The summed E-state index contributed by atoms with van der Waals surface area (Å²) in [7, 11) is -2.04. The zero-order valence-electron chi connectivity index (χ0n) is 14.9. The molecule has 132 valence electrons. The fourth-order valence-corrected chi connectivity index (χ4v) is 3.77. The van der Waals surface area contributed by atoms with Crippen molar-refractivity contribution in [2.24, 2.45) is 7.05 Å². The van der Waals surface area contributed by atoms with Gasteiger partial charge in [-0.3, -0.25) is 4.68 Å². The predicted molar refractivity (Wildman–Crippen MR) is 94.0 cm³/mol. The summed E-state index contributed by atoms with van der Waals surface area (Å²) in [6.45, 7) is 8.05. The number of oxazole rings is 1. The van der Waals surface area contributed by atoms with E-state index in [4.69, 9.17) is 4.42 Å². The van der Waals surface area contributed by atoms with Gasteiger partial charge in [-0.25, -0.2) is 13.4 Å². The summed E-state index contributed by atoms with van der Waals surface area (Å²) in [5.74, 6) is 0. The fraction of sp³-hybridized carbons (Fsp3) is 0.333. The number of hydrogen-bond acceptors (Lipinski definition) is 5. The summed E-state index contributed by atoms with van der Waals surface area (Å²) in [5.41, 5.74) is 2.55. The van der Waals surface area contributed by atoms with Gasteiger partial charge in [-0.1, -0.05) is 38.5 Å². The van der Waals surface area contributed by atoms with Gasteiger partial charge in [-0.2, -0.15) is 5.10 Å². The molecule has 0 amide bonds. The van der Waals surface area contributed by atoms with Gasteiger partial charge in [0.05, 0.1) is 16.3 Å². The van der Waals surface area contributed by atoms with Crippen LogP contribution in [0.4, 0.5) is 0 Å². The third-order valence-corrected chi connectivity index (χ3v) is 5.67. The standard InChI is InChI=1S/C18H21N3O3S/c1-12-6-8-13(9-7-12)25(22,23)17-16(19-11-24-17)14-10-15(18(2,3)4)20-21(14)5/h6-11H,1-5H3. The SMILES string of the molecule is Cc1ccc(S(=O)(=O)c2ocnc2-c2cc(C(C)(C)C)nn2C)cc1. The van der Waals surface area contributed by atoms with Crippen molar-refractivity contribution in [2.45, 2.75) is 43.1 Å². The van der Waals surface area contributed by atoms with Gasteiger partial charge in [0.15, 0.2) is 6.39 Å². The van der Waals surface area contributed by atoms with Crippen molar-refractivity contribution in [1.82, 2.24) is 14.8 Å². The second kappa shape index (κ2) is 5.84. The minimum absolute atomic E-state index is 0.157. The van der Waals surface area contributed by atoms with Crippen molar-refractivity contribution in [3.63, 3.8) is 0 Å². The highest BCUT2D eigenvalue weighted by atomic mass is 32.2. The molecule has 7 heteroatoms. The third kappa shape index (κ3) is 3.11. The lowest BCUT2D eigenvalue weighted by Gasteiger charge is -2.13. The number of nitrogens with zero attached hydrogens (tertiary/aromatic N) is 3. The molecule has 0 bridgehead atoms. The van der Waals surface area contributed by atoms with Gasteiger partial charge in [-0.05, 0) is 25.1 Å². The molecule has 0 fully saturated rings. The van der Waals surface area contributed by atoms with Gasteiger partial charge in [-0.15, -0.1) is 0 Å². The van der Waals surface area contributed by atoms with Crippen LogP contribution >= 0.6 is 0 Å². The zero-order valence-corrected chi connectivity index (χ0v) is 15.8. The van der Waals surface area contributed by atoms with Crippen LogP contribution in [0.2, 0.25) is 0 Å². The predicted octanol–water partition coefficient (Wildman–Crippen LogP) is 3.51. The van der Waals surface area contributed by atoms with Crippen molar-refractivity contribution in [1.29, 1.82) is 0 Å². The van der Waals surface area contributed by atoms with Crippen LogP contribution in [-0.2, 0) is 22.3 Å². The Morgan fingerprint density at radius 3 is 2.32 bits per heavy atom. The Hall–Kier alpha value is -2.41. The maximum atomic E-state index is 13.0. The normalized spacial score (nSPS) is 12.5. The summed E-state index contributed by atoms with van der Waals surface area (Å²) in [4.78, 5) is 4.32. The molecule has 2 heterocycles. The molecule has 0 atom stereocenters. The van der Waals surface area contributed by atoms with Gasteiger partial charge in [0.1, 0.15) is 5.69 Å². The van der Waals surface area contributed by atoms with E-state index in [9.17, 15) is 8.42 Å². The molecule has 0 radical (unpaired) electrons. The van der Waals surface area contributed by atoms with Crippen LogP contribution in [-0.4, -0.2) is 23.2 Å². The molecule has 3 rings (SSSR count). The van der Waals surface area contributed by atoms with Gasteiger partial charge < -0.3 is 4.42 Å².